The summed E-state index contributed by atoms with van der Waals surface area (Å²) < 4.78 is 28.0. The van der Waals surface area contributed by atoms with Gasteiger partial charge in [0.15, 0.2) is 5.82 Å². The van der Waals surface area contributed by atoms with Gasteiger partial charge in [0.2, 0.25) is 10.0 Å². The Morgan fingerprint density at radius 3 is 2.50 bits per heavy atom. The summed E-state index contributed by atoms with van der Waals surface area (Å²) in [6, 6.07) is 0. The van der Waals surface area contributed by atoms with Gasteiger partial charge < -0.3 is 10.8 Å². The molecule has 3 N–H and O–H groups in total. The number of β-amino-alcohol motifs (C(OH)–C–C–N with tert-alkyl or cyclic N) is 1. The number of hydrogen-bond donors (Lipinski definition) is 2. The highest BCUT2D eigenvalue weighted by molar-refractivity contribution is 7.89. The standard InChI is InChI=1S/C11H21N5O3S/c1-2-15-9-10(11(12)13-15)20(18,19)16-5-3-14(4-6-16)7-8-17/h9,17H,2-8H2,1H3,(H2,12,13). The zero-order valence-electron chi connectivity index (χ0n) is 11.6. The molecule has 0 aromatic carbocycles. The van der Waals surface area contributed by atoms with Crippen LogP contribution in [0.4, 0.5) is 5.82 Å². The van der Waals surface area contributed by atoms with E-state index in [0.29, 0.717) is 39.3 Å². The highest BCUT2D eigenvalue weighted by Gasteiger charge is 2.31. The maximum Gasteiger partial charge on any atom is 0.248 e. The average Bonchev–Trinajstić information content (AvgIpc) is 2.82. The molecule has 0 unspecified atom stereocenters. The van der Waals surface area contributed by atoms with Gasteiger partial charge in [-0.25, -0.2) is 8.42 Å². The quantitative estimate of drug-likeness (QED) is 0.707. The number of nitrogens with zero attached hydrogens (tertiary/aromatic N) is 4. The van der Waals surface area contributed by atoms with Gasteiger partial charge in [-0.3, -0.25) is 9.58 Å². The summed E-state index contributed by atoms with van der Waals surface area (Å²) in [5, 5.41) is 12.9. The van der Waals surface area contributed by atoms with E-state index in [1.54, 1.807) is 0 Å². The molecule has 2 rings (SSSR count). The molecule has 1 saturated heterocycles. The van der Waals surface area contributed by atoms with Crippen LogP contribution in [-0.4, -0.2) is 71.8 Å². The van der Waals surface area contributed by atoms with Gasteiger partial charge in [0.05, 0.1) is 6.61 Å². The third kappa shape index (κ3) is 2.95. The Morgan fingerprint density at radius 2 is 2.00 bits per heavy atom. The predicted octanol–water partition coefficient (Wildman–Crippen LogP) is -1.22. The molecule has 0 atom stereocenters. The van der Waals surface area contributed by atoms with Gasteiger partial charge in [-0.05, 0) is 6.92 Å². The lowest BCUT2D eigenvalue weighted by Crippen LogP contribution is -2.49. The predicted molar refractivity (Wildman–Crippen MR) is 74.6 cm³/mol. The van der Waals surface area contributed by atoms with E-state index >= 15 is 0 Å². The maximum atomic E-state index is 12.5. The van der Waals surface area contributed by atoms with E-state index in [1.165, 1.54) is 15.2 Å². The minimum absolute atomic E-state index is 0.0460. The lowest BCUT2D eigenvalue weighted by molar-refractivity contribution is 0.151. The number of aromatic nitrogens is 2. The molecule has 0 radical (unpaired) electrons. The van der Waals surface area contributed by atoms with Crippen molar-refractivity contribution < 1.29 is 13.5 Å². The van der Waals surface area contributed by atoms with Gasteiger partial charge in [-0.1, -0.05) is 0 Å². The van der Waals surface area contributed by atoms with Gasteiger partial charge >= 0.3 is 0 Å². The Morgan fingerprint density at radius 1 is 1.35 bits per heavy atom. The fourth-order valence-electron chi connectivity index (χ4n) is 2.25. The summed E-state index contributed by atoms with van der Waals surface area (Å²) in [6.45, 7) is 5.13. The first-order chi connectivity index (χ1) is 9.48. The highest BCUT2D eigenvalue weighted by Crippen LogP contribution is 2.22. The molecule has 1 aromatic heterocycles. The monoisotopic (exact) mass is 303 g/mol. The molecule has 1 aromatic rings. The van der Waals surface area contributed by atoms with Crippen molar-refractivity contribution in [1.82, 2.24) is 19.0 Å². The number of aliphatic hydroxyl groups is 1. The average molecular weight is 303 g/mol. The molecule has 9 heteroatoms. The number of hydrogen-bond acceptors (Lipinski definition) is 6. The molecular weight excluding hydrogens is 282 g/mol. The number of nitrogens with two attached hydrogens (primary N) is 1. The first-order valence-electron chi connectivity index (χ1n) is 6.65. The molecule has 0 saturated carbocycles. The Bertz CT molecular complexity index is 548. The van der Waals surface area contributed by atoms with Gasteiger partial charge in [-0.2, -0.15) is 9.40 Å². The molecule has 1 aliphatic rings. The van der Waals surface area contributed by atoms with Crippen molar-refractivity contribution in [2.24, 2.45) is 0 Å². The molecule has 20 heavy (non-hydrogen) atoms. The van der Waals surface area contributed by atoms with E-state index in [1.807, 2.05) is 11.8 Å². The minimum atomic E-state index is -3.58. The lowest BCUT2D eigenvalue weighted by atomic mass is 10.4. The molecule has 0 amide bonds. The Balaban J connectivity index is 2.13. The van der Waals surface area contributed by atoms with Gasteiger partial charge in [0.1, 0.15) is 4.90 Å². The molecule has 0 bridgehead atoms. The summed E-state index contributed by atoms with van der Waals surface area (Å²) in [5.41, 5.74) is 5.70. The number of piperazine rings is 1. The fourth-order valence-corrected chi connectivity index (χ4v) is 3.73. The number of aryl methyl sites for hydroxylation is 1. The van der Waals surface area contributed by atoms with Gasteiger partial charge in [0, 0.05) is 45.5 Å². The Hall–Kier alpha value is -1.16. The van der Waals surface area contributed by atoms with Crippen LogP contribution >= 0.6 is 0 Å². The number of sulfonamides is 1. The lowest BCUT2D eigenvalue weighted by Gasteiger charge is -2.33. The largest absolute Gasteiger partial charge is 0.395 e. The topological polar surface area (TPSA) is 105 Å². The van der Waals surface area contributed by atoms with Gasteiger partial charge in [0.25, 0.3) is 0 Å². The summed E-state index contributed by atoms with van der Waals surface area (Å²) >= 11 is 0. The van der Waals surface area contributed by atoms with E-state index in [0.717, 1.165) is 0 Å². The van der Waals surface area contributed by atoms with E-state index in [-0.39, 0.29) is 17.3 Å². The third-order valence-corrected chi connectivity index (χ3v) is 5.36. The van der Waals surface area contributed by atoms with Crippen molar-refractivity contribution in [3.63, 3.8) is 0 Å². The second-order valence-corrected chi connectivity index (χ2v) is 6.61. The highest BCUT2D eigenvalue weighted by atomic mass is 32.2. The van der Waals surface area contributed by atoms with Crippen LogP contribution < -0.4 is 5.73 Å². The smallest absolute Gasteiger partial charge is 0.248 e. The van der Waals surface area contributed by atoms with Crippen LogP contribution in [0.25, 0.3) is 0 Å². The molecule has 0 spiro atoms. The Kier molecular flexibility index (Phi) is 4.63. The first-order valence-corrected chi connectivity index (χ1v) is 8.09. The zero-order valence-corrected chi connectivity index (χ0v) is 12.4. The molecule has 0 aliphatic carbocycles. The van der Waals surface area contributed by atoms with Crippen molar-refractivity contribution in [2.45, 2.75) is 18.4 Å². The molecule has 8 nitrogen and oxygen atoms in total. The molecule has 114 valence electrons. The van der Waals surface area contributed by atoms with Crippen LogP contribution in [0.2, 0.25) is 0 Å². The molecule has 2 heterocycles. The van der Waals surface area contributed by atoms with Crippen LogP contribution in [0.15, 0.2) is 11.1 Å². The first kappa shape index (κ1) is 15.2. The van der Waals surface area contributed by atoms with Crippen LogP contribution in [0, 0.1) is 0 Å². The van der Waals surface area contributed by atoms with Gasteiger partial charge in [-0.15, -0.1) is 0 Å². The number of aliphatic hydroxyl groups excluding tert-OH is 1. The Labute approximate surface area is 118 Å². The molecule has 1 fully saturated rings. The number of rotatable bonds is 5. The van der Waals surface area contributed by atoms with Crippen molar-refractivity contribution in [2.75, 3.05) is 45.1 Å². The normalized spacial score (nSPS) is 18.5. The summed E-state index contributed by atoms with van der Waals surface area (Å²) in [5.74, 6) is 0.0460. The van der Waals surface area contributed by atoms with Crippen LogP contribution in [0.5, 0.6) is 0 Å². The van der Waals surface area contributed by atoms with E-state index in [2.05, 4.69) is 5.10 Å². The second kappa shape index (κ2) is 6.08. The SMILES string of the molecule is CCn1cc(S(=O)(=O)N2CCN(CCO)CC2)c(N)n1. The summed E-state index contributed by atoms with van der Waals surface area (Å²) in [4.78, 5) is 2.11. The second-order valence-electron chi connectivity index (χ2n) is 4.70. The van der Waals surface area contributed by atoms with Crippen molar-refractivity contribution >= 4 is 15.8 Å². The minimum Gasteiger partial charge on any atom is -0.395 e. The summed E-state index contributed by atoms with van der Waals surface area (Å²) in [7, 11) is -3.58. The van der Waals surface area contributed by atoms with Crippen LogP contribution in [-0.2, 0) is 16.6 Å². The fraction of sp³-hybridized carbons (Fsp3) is 0.727. The zero-order chi connectivity index (χ0) is 14.8. The van der Waals surface area contributed by atoms with Crippen molar-refractivity contribution in [1.29, 1.82) is 0 Å². The van der Waals surface area contributed by atoms with Crippen molar-refractivity contribution in [3.05, 3.63) is 6.20 Å². The molecular formula is C11H21N5O3S. The third-order valence-electron chi connectivity index (χ3n) is 3.44. The van der Waals surface area contributed by atoms with E-state index in [4.69, 9.17) is 10.8 Å². The molecule has 1 aliphatic heterocycles. The van der Waals surface area contributed by atoms with E-state index in [9.17, 15) is 8.42 Å². The number of nitrogen functional groups attached to an aromatic ring is 1. The van der Waals surface area contributed by atoms with Crippen molar-refractivity contribution in [3.8, 4) is 0 Å². The van der Waals surface area contributed by atoms with Crippen LogP contribution in [0.1, 0.15) is 6.92 Å². The number of anilines is 1. The maximum absolute atomic E-state index is 12.5. The van der Waals surface area contributed by atoms with E-state index < -0.39 is 10.0 Å². The van der Waals surface area contributed by atoms with Crippen LogP contribution in [0.3, 0.4) is 0 Å². The summed E-state index contributed by atoms with van der Waals surface area (Å²) in [6.07, 6.45) is 1.48.